The Hall–Kier alpha value is -2.53. The molecule has 0 aliphatic rings. The first kappa shape index (κ1) is 14.9. The number of phenolic OH excluding ortho intramolecular Hbond substituents is 2. The summed E-state index contributed by atoms with van der Waals surface area (Å²) in [5.74, 6) is -0.715. The summed E-state index contributed by atoms with van der Waals surface area (Å²) in [7, 11) is 0. The van der Waals surface area contributed by atoms with Crippen molar-refractivity contribution in [3.63, 3.8) is 0 Å². The minimum atomic E-state index is -0.742. The molecular formula is C16H18N2O3. The highest BCUT2D eigenvalue weighted by Crippen LogP contribution is 2.25. The van der Waals surface area contributed by atoms with Crippen molar-refractivity contribution in [2.45, 2.75) is 19.4 Å². The number of anilines is 1. The molecule has 1 amide bonds. The molecule has 0 aliphatic heterocycles. The molecule has 2 rings (SSSR count). The number of carbonyl (C=O) groups excluding carboxylic acids is 1. The van der Waals surface area contributed by atoms with Crippen LogP contribution in [0.1, 0.15) is 11.1 Å². The van der Waals surface area contributed by atoms with Crippen molar-refractivity contribution in [1.29, 1.82) is 0 Å². The molecule has 0 bridgehead atoms. The van der Waals surface area contributed by atoms with Gasteiger partial charge in [-0.3, -0.25) is 4.79 Å². The van der Waals surface area contributed by atoms with Gasteiger partial charge in [0, 0.05) is 5.69 Å². The van der Waals surface area contributed by atoms with E-state index in [1.807, 2.05) is 31.2 Å². The fraction of sp³-hybridized carbons (Fsp3) is 0.188. The third kappa shape index (κ3) is 3.73. The number of benzene rings is 2. The number of hydrogen-bond donors (Lipinski definition) is 4. The van der Waals surface area contributed by atoms with Crippen LogP contribution in [0, 0.1) is 6.92 Å². The molecule has 5 heteroatoms. The van der Waals surface area contributed by atoms with Crippen LogP contribution in [-0.2, 0) is 11.2 Å². The second-order valence-corrected chi connectivity index (χ2v) is 4.94. The number of nitrogens with one attached hydrogen (secondary N) is 1. The number of para-hydroxylation sites is 1. The predicted octanol–water partition coefficient (Wildman–Crippen LogP) is 1.91. The van der Waals surface area contributed by atoms with Crippen LogP contribution in [-0.4, -0.2) is 22.2 Å². The van der Waals surface area contributed by atoms with Gasteiger partial charge < -0.3 is 21.3 Å². The summed E-state index contributed by atoms with van der Waals surface area (Å²) in [6, 6.07) is 11.1. The topological polar surface area (TPSA) is 95.6 Å². The molecule has 2 aromatic rings. The van der Waals surface area contributed by atoms with Crippen molar-refractivity contribution < 1.29 is 15.0 Å². The van der Waals surface area contributed by atoms with E-state index < -0.39 is 6.04 Å². The Morgan fingerprint density at radius 3 is 2.57 bits per heavy atom. The average Bonchev–Trinajstić information content (AvgIpc) is 2.45. The summed E-state index contributed by atoms with van der Waals surface area (Å²) in [6.07, 6.45) is 0.269. The molecule has 0 saturated heterocycles. The Morgan fingerprint density at radius 1 is 1.19 bits per heavy atom. The first-order valence-electron chi connectivity index (χ1n) is 6.60. The van der Waals surface area contributed by atoms with Gasteiger partial charge in [-0.2, -0.15) is 0 Å². The van der Waals surface area contributed by atoms with Gasteiger partial charge in [0.1, 0.15) is 0 Å². The van der Waals surface area contributed by atoms with Gasteiger partial charge >= 0.3 is 0 Å². The molecule has 0 unspecified atom stereocenters. The predicted molar refractivity (Wildman–Crippen MR) is 81.3 cm³/mol. The minimum absolute atomic E-state index is 0.198. The molecule has 0 aliphatic carbocycles. The zero-order chi connectivity index (χ0) is 15.4. The van der Waals surface area contributed by atoms with Crippen LogP contribution in [0.4, 0.5) is 5.69 Å². The van der Waals surface area contributed by atoms with Crippen molar-refractivity contribution >= 4 is 11.6 Å². The smallest absolute Gasteiger partial charge is 0.241 e. The lowest BCUT2D eigenvalue weighted by Crippen LogP contribution is -2.37. The molecule has 21 heavy (non-hydrogen) atoms. The van der Waals surface area contributed by atoms with Crippen molar-refractivity contribution in [2.75, 3.05) is 5.32 Å². The number of aromatic hydroxyl groups is 2. The third-order valence-electron chi connectivity index (χ3n) is 3.24. The van der Waals surface area contributed by atoms with Gasteiger partial charge in [-0.25, -0.2) is 0 Å². The number of nitrogens with two attached hydrogens (primary N) is 1. The molecule has 0 fully saturated rings. The van der Waals surface area contributed by atoms with Crippen molar-refractivity contribution in [3.05, 3.63) is 53.6 Å². The largest absolute Gasteiger partial charge is 0.504 e. The molecule has 110 valence electrons. The molecular weight excluding hydrogens is 268 g/mol. The molecule has 0 aromatic heterocycles. The molecule has 2 aromatic carbocycles. The summed E-state index contributed by atoms with van der Waals surface area (Å²) >= 11 is 0. The lowest BCUT2D eigenvalue weighted by Gasteiger charge is -2.14. The van der Waals surface area contributed by atoms with Crippen LogP contribution in [0.15, 0.2) is 42.5 Å². The van der Waals surface area contributed by atoms with Gasteiger partial charge in [0.25, 0.3) is 0 Å². The van der Waals surface area contributed by atoms with Crippen molar-refractivity contribution in [3.8, 4) is 11.5 Å². The number of amides is 1. The second kappa shape index (κ2) is 6.28. The molecule has 5 N–H and O–H groups in total. The Kier molecular flexibility index (Phi) is 4.45. The van der Waals surface area contributed by atoms with Crippen LogP contribution in [0.2, 0.25) is 0 Å². The number of carbonyl (C=O) groups is 1. The number of phenols is 2. The van der Waals surface area contributed by atoms with E-state index in [-0.39, 0.29) is 23.8 Å². The highest BCUT2D eigenvalue weighted by molar-refractivity contribution is 5.95. The van der Waals surface area contributed by atoms with E-state index in [0.29, 0.717) is 5.56 Å². The standard InChI is InChI=1S/C16H18N2O3/c1-10-4-2-3-5-13(10)18-16(21)12(17)8-11-6-7-14(19)15(20)9-11/h2-7,9,12,19-20H,8,17H2,1H3,(H,18,21)/t12-/m0/s1. The Bertz CT molecular complexity index is 656. The SMILES string of the molecule is Cc1ccccc1NC(=O)[C@@H](N)Cc1ccc(O)c(O)c1. The zero-order valence-corrected chi connectivity index (χ0v) is 11.7. The van der Waals surface area contributed by atoms with E-state index in [0.717, 1.165) is 11.3 Å². The molecule has 1 atom stereocenters. The van der Waals surface area contributed by atoms with E-state index in [9.17, 15) is 15.0 Å². The summed E-state index contributed by atoms with van der Waals surface area (Å²) in [4.78, 5) is 12.1. The van der Waals surface area contributed by atoms with Gasteiger partial charge in [0.15, 0.2) is 11.5 Å². The summed E-state index contributed by atoms with van der Waals surface area (Å²) in [5, 5.41) is 21.5. The summed E-state index contributed by atoms with van der Waals surface area (Å²) < 4.78 is 0. The highest BCUT2D eigenvalue weighted by Gasteiger charge is 2.15. The average molecular weight is 286 g/mol. The van der Waals surface area contributed by atoms with E-state index in [1.165, 1.54) is 12.1 Å². The lowest BCUT2D eigenvalue weighted by molar-refractivity contribution is -0.117. The van der Waals surface area contributed by atoms with E-state index in [2.05, 4.69) is 5.32 Å². The van der Waals surface area contributed by atoms with Crippen LogP contribution in [0.3, 0.4) is 0 Å². The maximum absolute atomic E-state index is 12.1. The van der Waals surface area contributed by atoms with Gasteiger partial charge in [-0.1, -0.05) is 24.3 Å². The van der Waals surface area contributed by atoms with Crippen molar-refractivity contribution in [2.24, 2.45) is 5.73 Å². The fourth-order valence-corrected chi connectivity index (χ4v) is 1.98. The first-order valence-corrected chi connectivity index (χ1v) is 6.60. The third-order valence-corrected chi connectivity index (χ3v) is 3.24. The first-order chi connectivity index (χ1) is 9.97. The summed E-state index contributed by atoms with van der Waals surface area (Å²) in [6.45, 7) is 1.90. The fourth-order valence-electron chi connectivity index (χ4n) is 1.98. The maximum atomic E-state index is 12.1. The van der Waals surface area contributed by atoms with Crippen LogP contribution in [0.5, 0.6) is 11.5 Å². The number of aryl methyl sites for hydroxylation is 1. The zero-order valence-electron chi connectivity index (χ0n) is 11.7. The molecule has 0 heterocycles. The van der Waals surface area contributed by atoms with Gasteiger partial charge in [0.05, 0.1) is 6.04 Å². The Labute approximate surface area is 123 Å². The minimum Gasteiger partial charge on any atom is -0.504 e. The monoisotopic (exact) mass is 286 g/mol. The molecule has 0 saturated carbocycles. The summed E-state index contributed by atoms with van der Waals surface area (Å²) in [5.41, 5.74) is 8.24. The molecule has 0 radical (unpaired) electrons. The van der Waals surface area contributed by atoms with Crippen LogP contribution < -0.4 is 11.1 Å². The van der Waals surface area contributed by atoms with Crippen molar-refractivity contribution in [1.82, 2.24) is 0 Å². The Morgan fingerprint density at radius 2 is 1.90 bits per heavy atom. The highest BCUT2D eigenvalue weighted by atomic mass is 16.3. The van der Waals surface area contributed by atoms with Crippen LogP contribution >= 0.6 is 0 Å². The molecule has 5 nitrogen and oxygen atoms in total. The van der Waals surface area contributed by atoms with Gasteiger partial charge in [-0.15, -0.1) is 0 Å². The second-order valence-electron chi connectivity index (χ2n) is 4.94. The lowest BCUT2D eigenvalue weighted by atomic mass is 10.0. The van der Waals surface area contributed by atoms with Gasteiger partial charge in [-0.05, 0) is 42.7 Å². The van der Waals surface area contributed by atoms with E-state index >= 15 is 0 Å². The maximum Gasteiger partial charge on any atom is 0.241 e. The Balaban J connectivity index is 2.02. The number of hydrogen-bond acceptors (Lipinski definition) is 4. The normalized spacial score (nSPS) is 11.9. The quantitative estimate of drug-likeness (QED) is 0.646. The van der Waals surface area contributed by atoms with E-state index in [1.54, 1.807) is 6.07 Å². The molecule has 0 spiro atoms. The van der Waals surface area contributed by atoms with Gasteiger partial charge in [0.2, 0.25) is 5.91 Å². The van der Waals surface area contributed by atoms with Crippen LogP contribution in [0.25, 0.3) is 0 Å². The number of rotatable bonds is 4. The van der Waals surface area contributed by atoms with E-state index in [4.69, 9.17) is 5.73 Å².